The number of hydrogen-bond acceptors (Lipinski definition) is 2. The molecule has 1 rings (SSSR count). The number of hydrogen-bond donors (Lipinski definition) is 2. The van der Waals surface area contributed by atoms with Crippen molar-refractivity contribution in [2.45, 2.75) is 49.5 Å². The highest BCUT2D eigenvalue weighted by atomic mass is 32.1. The first-order chi connectivity index (χ1) is 5.24. The molecule has 0 aromatic heterocycles. The Morgan fingerprint density at radius 2 is 2.00 bits per heavy atom. The number of rotatable bonds is 2. The molecule has 1 aliphatic carbocycles. The third-order valence-corrected chi connectivity index (χ3v) is 3.72. The molecule has 0 aliphatic heterocycles. The van der Waals surface area contributed by atoms with Crippen molar-refractivity contribution in [3.63, 3.8) is 0 Å². The molecule has 3 unspecified atom stereocenters. The summed E-state index contributed by atoms with van der Waals surface area (Å²) in [5.74, 6) is 0.833. The normalized spacial score (nSPS) is 39.0. The lowest BCUT2D eigenvalue weighted by atomic mass is 9.85. The Kier molecular flexibility index (Phi) is 4.14. The van der Waals surface area contributed by atoms with E-state index >= 15 is 0 Å². The molecule has 2 heteroatoms. The Labute approximate surface area is 81.0 Å². The molecule has 66 valence electrons. The fourth-order valence-electron chi connectivity index (χ4n) is 1.90. The highest BCUT2D eigenvalue weighted by Gasteiger charge is 2.25. The van der Waals surface area contributed by atoms with Gasteiger partial charge in [0.05, 0.1) is 0 Å². The van der Waals surface area contributed by atoms with Gasteiger partial charge in [-0.2, -0.15) is 25.3 Å². The second kappa shape index (κ2) is 4.66. The van der Waals surface area contributed by atoms with Gasteiger partial charge in [0, 0.05) is 10.5 Å². The Bertz CT molecular complexity index is 114. The standard InChI is InChI=1S/C9H18S2/c1-2-3-7-6-8(10)4-5-9(7)11/h7-11H,2-6H2,1H3. The topological polar surface area (TPSA) is 0 Å². The minimum atomic E-state index is 0.648. The van der Waals surface area contributed by atoms with E-state index in [4.69, 9.17) is 0 Å². The van der Waals surface area contributed by atoms with Crippen molar-refractivity contribution >= 4 is 25.3 Å². The predicted molar refractivity (Wildman–Crippen MR) is 57.8 cm³/mol. The third-order valence-electron chi connectivity index (χ3n) is 2.57. The van der Waals surface area contributed by atoms with E-state index in [1.165, 1.54) is 32.1 Å². The smallest absolute Gasteiger partial charge is 0.00458 e. The van der Waals surface area contributed by atoms with Gasteiger partial charge in [-0.05, 0) is 31.6 Å². The lowest BCUT2D eigenvalue weighted by Crippen LogP contribution is -2.25. The summed E-state index contributed by atoms with van der Waals surface area (Å²) in [5.41, 5.74) is 0. The van der Waals surface area contributed by atoms with Crippen LogP contribution in [0.5, 0.6) is 0 Å². The highest BCUT2D eigenvalue weighted by Crippen LogP contribution is 2.33. The maximum absolute atomic E-state index is 4.60. The summed E-state index contributed by atoms with van der Waals surface area (Å²) in [4.78, 5) is 0. The molecule has 11 heavy (non-hydrogen) atoms. The molecule has 3 atom stereocenters. The summed E-state index contributed by atoms with van der Waals surface area (Å²) in [6.45, 7) is 2.25. The van der Waals surface area contributed by atoms with Crippen molar-refractivity contribution in [2.75, 3.05) is 0 Å². The van der Waals surface area contributed by atoms with E-state index < -0.39 is 0 Å². The molecule has 0 saturated heterocycles. The van der Waals surface area contributed by atoms with Crippen LogP contribution in [0.1, 0.15) is 39.0 Å². The molecule has 1 aliphatic rings. The fraction of sp³-hybridized carbons (Fsp3) is 1.00. The van der Waals surface area contributed by atoms with Crippen molar-refractivity contribution in [1.82, 2.24) is 0 Å². The van der Waals surface area contributed by atoms with Crippen LogP contribution in [0.3, 0.4) is 0 Å². The molecular formula is C9H18S2. The van der Waals surface area contributed by atoms with E-state index in [1.54, 1.807) is 0 Å². The average Bonchev–Trinajstić information content (AvgIpc) is 1.98. The minimum Gasteiger partial charge on any atom is -0.176 e. The van der Waals surface area contributed by atoms with E-state index in [0.29, 0.717) is 10.5 Å². The Morgan fingerprint density at radius 1 is 1.27 bits per heavy atom. The van der Waals surface area contributed by atoms with Gasteiger partial charge in [-0.15, -0.1) is 0 Å². The summed E-state index contributed by atoms with van der Waals surface area (Å²) in [7, 11) is 0. The SMILES string of the molecule is CCCC1CC(S)CCC1S. The molecule has 0 amide bonds. The van der Waals surface area contributed by atoms with Crippen LogP contribution in [-0.4, -0.2) is 10.5 Å². The molecule has 0 heterocycles. The van der Waals surface area contributed by atoms with Gasteiger partial charge < -0.3 is 0 Å². The predicted octanol–water partition coefficient (Wildman–Crippen LogP) is 3.18. The van der Waals surface area contributed by atoms with Crippen LogP contribution in [0, 0.1) is 5.92 Å². The van der Waals surface area contributed by atoms with E-state index in [0.717, 1.165) is 5.92 Å². The van der Waals surface area contributed by atoms with Crippen LogP contribution >= 0.6 is 25.3 Å². The van der Waals surface area contributed by atoms with E-state index in [-0.39, 0.29) is 0 Å². The average molecular weight is 190 g/mol. The van der Waals surface area contributed by atoms with Crippen molar-refractivity contribution in [3.05, 3.63) is 0 Å². The molecule has 1 saturated carbocycles. The van der Waals surface area contributed by atoms with Crippen molar-refractivity contribution in [1.29, 1.82) is 0 Å². The van der Waals surface area contributed by atoms with Crippen LogP contribution in [0.25, 0.3) is 0 Å². The van der Waals surface area contributed by atoms with Gasteiger partial charge in [0.15, 0.2) is 0 Å². The fourth-order valence-corrected chi connectivity index (χ4v) is 2.74. The molecule has 0 radical (unpaired) electrons. The Balaban J connectivity index is 2.34. The molecular weight excluding hydrogens is 172 g/mol. The minimum absolute atomic E-state index is 0.648. The highest BCUT2D eigenvalue weighted by molar-refractivity contribution is 7.81. The summed E-state index contributed by atoms with van der Waals surface area (Å²) >= 11 is 9.12. The van der Waals surface area contributed by atoms with Crippen molar-refractivity contribution < 1.29 is 0 Å². The molecule has 0 bridgehead atoms. The second-order valence-corrected chi connectivity index (χ2v) is 4.98. The lowest BCUT2D eigenvalue weighted by molar-refractivity contribution is 0.358. The van der Waals surface area contributed by atoms with Crippen molar-refractivity contribution in [2.24, 2.45) is 5.92 Å². The van der Waals surface area contributed by atoms with Gasteiger partial charge in [-0.3, -0.25) is 0 Å². The zero-order valence-electron chi connectivity index (χ0n) is 7.16. The van der Waals surface area contributed by atoms with Gasteiger partial charge in [0.1, 0.15) is 0 Å². The van der Waals surface area contributed by atoms with Crippen molar-refractivity contribution in [3.8, 4) is 0 Å². The van der Waals surface area contributed by atoms with E-state index in [9.17, 15) is 0 Å². The van der Waals surface area contributed by atoms with Gasteiger partial charge in [-0.1, -0.05) is 13.3 Å². The maximum atomic E-state index is 4.60. The van der Waals surface area contributed by atoms with Gasteiger partial charge in [-0.25, -0.2) is 0 Å². The quantitative estimate of drug-likeness (QED) is 0.614. The van der Waals surface area contributed by atoms with Crippen LogP contribution in [0.4, 0.5) is 0 Å². The van der Waals surface area contributed by atoms with Crippen LogP contribution in [0.15, 0.2) is 0 Å². The Morgan fingerprint density at radius 3 is 2.64 bits per heavy atom. The largest absolute Gasteiger partial charge is 0.176 e. The van der Waals surface area contributed by atoms with Gasteiger partial charge >= 0.3 is 0 Å². The molecule has 0 nitrogen and oxygen atoms in total. The summed E-state index contributed by atoms with van der Waals surface area (Å²) in [5, 5.41) is 1.30. The van der Waals surface area contributed by atoms with E-state index in [2.05, 4.69) is 32.2 Å². The monoisotopic (exact) mass is 190 g/mol. The van der Waals surface area contributed by atoms with Crippen LogP contribution in [0.2, 0.25) is 0 Å². The van der Waals surface area contributed by atoms with Gasteiger partial charge in [0.25, 0.3) is 0 Å². The molecule has 0 spiro atoms. The summed E-state index contributed by atoms with van der Waals surface area (Å²) in [6.07, 6.45) is 6.44. The van der Waals surface area contributed by atoms with Gasteiger partial charge in [0.2, 0.25) is 0 Å². The first kappa shape index (κ1) is 9.79. The zero-order chi connectivity index (χ0) is 8.27. The van der Waals surface area contributed by atoms with Crippen LogP contribution < -0.4 is 0 Å². The molecule has 1 fully saturated rings. The zero-order valence-corrected chi connectivity index (χ0v) is 8.95. The third kappa shape index (κ3) is 2.90. The summed E-state index contributed by atoms with van der Waals surface area (Å²) < 4.78 is 0. The lowest BCUT2D eigenvalue weighted by Gasteiger charge is -2.31. The van der Waals surface area contributed by atoms with Crippen LogP contribution in [-0.2, 0) is 0 Å². The number of thiol groups is 2. The second-order valence-electron chi connectivity index (χ2n) is 3.58. The Hall–Kier alpha value is 0.700. The molecule has 0 aromatic carbocycles. The maximum Gasteiger partial charge on any atom is 0.00458 e. The molecule has 0 aromatic rings. The first-order valence-corrected chi connectivity index (χ1v) is 5.63. The first-order valence-electron chi connectivity index (χ1n) is 4.60. The van der Waals surface area contributed by atoms with E-state index in [1.807, 2.05) is 0 Å². The summed E-state index contributed by atoms with van der Waals surface area (Å²) in [6, 6.07) is 0. The molecule has 0 N–H and O–H groups in total.